The first kappa shape index (κ1) is 18.0. The molecule has 1 aromatic carbocycles. The second kappa shape index (κ2) is 7.84. The van der Waals surface area contributed by atoms with E-state index in [1.54, 1.807) is 0 Å². The highest BCUT2D eigenvalue weighted by molar-refractivity contribution is 7.91. The Kier molecular flexibility index (Phi) is 6.74. The number of halogens is 2. The fourth-order valence-electron chi connectivity index (χ4n) is 2.08. The van der Waals surface area contributed by atoms with Crippen LogP contribution in [0.4, 0.5) is 8.78 Å². The molecule has 0 saturated carbocycles. The Morgan fingerprint density at radius 3 is 2.48 bits per heavy atom. The van der Waals surface area contributed by atoms with Crippen molar-refractivity contribution >= 4 is 9.84 Å². The second-order valence-electron chi connectivity index (χ2n) is 5.30. The van der Waals surface area contributed by atoms with Crippen LogP contribution < -0.4 is 5.32 Å². The van der Waals surface area contributed by atoms with Crippen molar-refractivity contribution in [3.8, 4) is 0 Å². The van der Waals surface area contributed by atoms with Gasteiger partial charge in [-0.05, 0) is 37.1 Å². The maximum Gasteiger partial charge on any atom is 0.182 e. The number of nitrogens with one attached hydrogen (secondary N) is 1. The average molecular weight is 319 g/mol. The fourth-order valence-corrected chi connectivity index (χ4v) is 3.84. The number of hydrogen-bond donors (Lipinski definition) is 1. The predicted octanol–water partition coefficient (Wildman–Crippen LogP) is 3.15. The Hall–Kier alpha value is -1.01. The normalized spacial score (nSPS) is 14.9. The van der Waals surface area contributed by atoms with Gasteiger partial charge < -0.3 is 5.32 Å². The molecule has 2 atom stereocenters. The molecule has 0 saturated heterocycles. The van der Waals surface area contributed by atoms with E-state index in [1.807, 2.05) is 20.8 Å². The number of benzene rings is 1. The molecule has 0 amide bonds. The number of rotatable bonds is 8. The second-order valence-corrected chi connectivity index (χ2v) is 7.30. The maximum atomic E-state index is 13.7. The lowest BCUT2D eigenvalue weighted by Gasteiger charge is -2.24. The lowest BCUT2D eigenvalue weighted by atomic mass is 10.0. The van der Waals surface area contributed by atoms with E-state index in [9.17, 15) is 17.2 Å². The summed E-state index contributed by atoms with van der Waals surface area (Å²) < 4.78 is 51.6. The lowest BCUT2D eigenvalue weighted by Crippen LogP contribution is -2.41. The number of hydrogen-bond acceptors (Lipinski definition) is 3. The molecule has 0 aliphatic heterocycles. The van der Waals surface area contributed by atoms with Crippen molar-refractivity contribution in [2.45, 2.75) is 44.6 Å². The molecular weight excluding hydrogens is 296 g/mol. The van der Waals surface area contributed by atoms with Crippen molar-refractivity contribution in [3.05, 3.63) is 29.8 Å². The Labute approximate surface area is 125 Å². The lowest BCUT2D eigenvalue weighted by molar-refractivity contribution is 0.390. The predicted molar refractivity (Wildman–Crippen MR) is 79.9 cm³/mol. The molecule has 0 aromatic heterocycles. The molecular formula is C15H23F2NO2S. The van der Waals surface area contributed by atoms with Gasteiger partial charge in [0.2, 0.25) is 0 Å². The summed E-state index contributed by atoms with van der Waals surface area (Å²) in [5, 5.41) is 3.18. The van der Waals surface area contributed by atoms with E-state index in [0.717, 1.165) is 31.0 Å². The van der Waals surface area contributed by atoms with Gasteiger partial charge in [0.25, 0.3) is 0 Å². The van der Waals surface area contributed by atoms with Crippen molar-refractivity contribution < 1.29 is 17.2 Å². The molecule has 1 aromatic rings. The molecule has 1 N–H and O–H groups in total. The zero-order chi connectivity index (χ0) is 16.0. The smallest absolute Gasteiger partial charge is 0.182 e. The van der Waals surface area contributed by atoms with Gasteiger partial charge in [-0.1, -0.05) is 27.2 Å². The Morgan fingerprint density at radius 2 is 1.90 bits per heavy atom. The van der Waals surface area contributed by atoms with Gasteiger partial charge in [0.05, 0.1) is 5.75 Å². The van der Waals surface area contributed by atoms with E-state index in [1.165, 1.54) is 0 Å². The Morgan fingerprint density at radius 1 is 1.24 bits per heavy atom. The van der Waals surface area contributed by atoms with Crippen molar-refractivity contribution in [2.24, 2.45) is 5.92 Å². The quantitative estimate of drug-likeness (QED) is 0.800. The minimum Gasteiger partial charge on any atom is -0.313 e. The summed E-state index contributed by atoms with van der Waals surface area (Å²) in [7, 11) is -3.88. The van der Waals surface area contributed by atoms with E-state index >= 15 is 0 Å². The van der Waals surface area contributed by atoms with E-state index in [4.69, 9.17) is 0 Å². The van der Waals surface area contributed by atoms with Gasteiger partial charge in [0, 0.05) is 6.04 Å². The SMILES string of the molecule is CCCNC(CS(=O)(=O)c1cc(F)ccc1F)C(C)CC. The summed E-state index contributed by atoms with van der Waals surface area (Å²) in [5.74, 6) is -1.77. The van der Waals surface area contributed by atoms with Gasteiger partial charge in [-0.3, -0.25) is 0 Å². The molecule has 0 spiro atoms. The highest BCUT2D eigenvalue weighted by atomic mass is 32.2. The van der Waals surface area contributed by atoms with Crippen molar-refractivity contribution in [1.82, 2.24) is 5.32 Å². The van der Waals surface area contributed by atoms with Crippen LogP contribution in [-0.2, 0) is 9.84 Å². The van der Waals surface area contributed by atoms with Gasteiger partial charge in [0.1, 0.15) is 16.5 Å². The molecule has 0 bridgehead atoms. The summed E-state index contributed by atoms with van der Waals surface area (Å²) in [6.45, 7) is 6.60. The first-order valence-corrected chi connectivity index (χ1v) is 8.88. The fraction of sp³-hybridized carbons (Fsp3) is 0.600. The molecule has 0 aliphatic rings. The van der Waals surface area contributed by atoms with Crippen LogP contribution in [0.25, 0.3) is 0 Å². The van der Waals surface area contributed by atoms with Crippen molar-refractivity contribution in [3.63, 3.8) is 0 Å². The third kappa shape index (κ3) is 5.04. The molecule has 120 valence electrons. The highest BCUT2D eigenvalue weighted by Crippen LogP contribution is 2.20. The third-order valence-electron chi connectivity index (χ3n) is 3.61. The van der Waals surface area contributed by atoms with Gasteiger partial charge in [-0.25, -0.2) is 17.2 Å². The summed E-state index contributed by atoms with van der Waals surface area (Å²) in [4.78, 5) is -0.561. The van der Waals surface area contributed by atoms with Crippen LogP contribution in [0.5, 0.6) is 0 Å². The summed E-state index contributed by atoms with van der Waals surface area (Å²) in [6, 6.07) is 2.23. The van der Waals surface area contributed by atoms with E-state index in [2.05, 4.69) is 5.32 Å². The molecule has 2 unspecified atom stereocenters. The topological polar surface area (TPSA) is 46.2 Å². The summed E-state index contributed by atoms with van der Waals surface area (Å²) in [5.41, 5.74) is 0. The Bertz CT molecular complexity index is 561. The molecule has 0 radical (unpaired) electrons. The van der Waals surface area contributed by atoms with E-state index < -0.39 is 26.4 Å². The van der Waals surface area contributed by atoms with Crippen LogP contribution >= 0.6 is 0 Å². The average Bonchev–Trinajstić information content (AvgIpc) is 2.44. The monoisotopic (exact) mass is 319 g/mol. The highest BCUT2D eigenvalue weighted by Gasteiger charge is 2.27. The number of sulfone groups is 1. The van der Waals surface area contributed by atoms with Gasteiger partial charge >= 0.3 is 0 Å². The molecule has 1 rings (SSSR count). The molecule has 0 heterocycles. The minimum atomic E-state index is -3.88. The largest absolute Gasteiger partial charge is 0.313 e. The summed E-state index contributed by atoms with van der Waals surface area (Å²) in [6.07, 6.45) is 1.68. The standard InChI is InChI=1S/C15H23F2NO2S/c1-4-8-18-14(11(3)5-2)10-21(19,20)15-9-12(16)6-7-13(15)17/h6-7,9,11,14,18H,4-5,8,10H2,1-3H3. The van der Waals surface area contributed by atoms with Crippen LogP contribution in [0.1, 0.15) is 33.6 Å². The van der Waals surface area contributed by atoms with Crippen molar-refractivity contribution in [1.29, 1.82) is 0 Å². The zero-order valence-electron chi connectivity index (χ0n) is 12.7. The Balaban J connectivity index is 3.02. The maximum absolute atomic E-state index is 13.7. The zero-order valence-corrected chi connectivity index (χ0v) is 13.5. The molecule has 0 fully saturated rings. The van der Waals surface area contributed by atoms with Crippen LogP contribution in [0.15, 0.2) is 23.1 Å². The molecule has 6 heteroatoms. The third-order valence-corrected chi connectivity index (χ3v) is 5.40. The van der Waals surface area contributed by atoms with Gasteiger partial charge in [0.15, 0.2) is 9.84 Å². The van der Waals surface area contributed by atoms with E-state index in [-0.39, 0.29) is 17.7 Å². The summed E-state index contributed by atoms with van der Waals surface area (Å²) >= 11 is 0. The van der Waals surface area contributed by atoms with Crippen LogP contribution in [-0.4, -0.2) is 26.8 Å². The van der Waals surface area contributed by atoms with Gasteiger partial charge in [-0.15, -0.1) is 0 Å². The van der Waals surface area contributed by atoms with E-state index in [0.29, 0.717) is 6.54 Å². The molecule has 3 nitrogen and oxygen atoms in total. The first-order chi connectivity index (χ1) is 9.81. The van der Waals surface area contributed by atoms with Crippen LogP contribution in [0.3, 0.4) is 0 Å². The van der Waals surface area contributed by atoms with Crippen molar-refractivity contribution in [2.75, 3.05) is 12.3 Å². The van der Waals surface area contributed by atoms with Gasteiger partial charge in [-0.2, -0.15) is 0 Å². The van der Waals surface area contributed by atoms with Crippen LogP contribution in [0, 0.1) is 17.6 Å². The minimum absolute atomic E-state index is 0.128. The molecule has 0 aliphatic carbocycles. The van der Waals surface area contributed by atoms with Crippen LogP contribution in [0.2, 0.25) is 0 Å². The first-order valence-electron chi connectivity index (χ1n) is 7.23. The molecule has 21 heavy (non-hydrogen) atoms.